The maximum atomic E-state index is 5.81. The molecule has 1 saturated carbocycles. The molecular weight excluding hydrogens is 448 g/mol. The van der Waals surface area contributed by atoms with E-state index >= 15 is 0 Å². The second kappa shape index (κ2) is 9.82. The van der Waals surface area contributed by atoms with Crippen LogP contribution in [0.15, 0.2) is 33.5 Å². The monoisotopic (exact) mass is 470 g/mol. The number of anilines is 4. The Kier molecular flexibility index (Phi) is 7.77. The van der Waals surface area contributed by atoms with Crippen LogP contribution in [0.3, 0.4) is 0 Å². The van der Waals surface area contributed by atoms with Crippen LogP contribution in [0.2, 0.25) is 0 Å². The molecule has 0 spiro atoms. The Bertz CT molecular complexity index is 689. The van der Waals surface area contributed by atoms with Gasteiger partial charge >= 0.3 is 0 Å². The summed E-state index contributed by atoms with van der Waals surface area (Å²) >= 11 is 6.60. The van der Waals surface area contributed by atoms with E-state index in [1.165, 1.54) is 32.1 Å². The number of halogens is 2. The molecule has 3 rings (SSSR count). The maximum Gasteiger partial charge on any atom is 0.146 e. The lowest BCUT2D eigenvalue weighted by Crippen LogP contribution is -2.17. The number of rotatable bonds is 3. The first-order valence-corrected chi connectivity index (χ1v) is 9.85. The summed E-state index contributed by atoms with van der Waals surface area (Å²) in [5.41, 5.74) is 18.0. The van der Waals surface area contributed by atoms with E-state index in [2.05, 4.69) is 47.1 Å². The normalized spacial score (nSPS) is 14.5. The van der Waals surface area contributed by atoms with E-state index < -0.39 is 0 Å². The molecule has 0 amide bonds. The molecule has 0 aliphatic heterocycles. The van der Waals surface area contributed by atoms with Crippen molar-refractivity contribution in [3.8, 4) is 0 Å². The number of hydrogen-bond acceptors (Lipinski definition) is 6. The topological polar surface area (TPSA) is 116 Å². The SMILES string of the molecule is Nc1cc(Br)cnc1N.Nc1ncc(Br)cc1NCC1CCCCC1. The molecule has 136 valence electrons. The highest BCUT2D eigenvalue weighted by Gasteiger charge is 2.13. The molecule has 25 heavy (non-hydrogen) atoms. The number of nitrogens with zero attached hydrogens (tertiary/aromatic N) is 2. The standard InChI is InChI=1S/C12H18BrN3.C5H6BrN3/c13-10-6-11(12(14)16-8-10)15-7-9-4-2-1-3-5-9;6-3-1-4(7)5(8)9-2-3/h6,8-9,15H,1-5,7H2,(H2,14,16);1-2H,7H2,(H2,8,9). The minimum absolute atomic E-state index is 0.373. The number of nitrogen functional groups attached to an aromatic ring is 3. The molecule has 2 aromatic heterocycles. The molecular formula is C17H24Br2N6. The third-order valence-corrected chi connectivity index (χ3v) is 4.97. The molecule has 2 heterocycles. The van der Waals surface area contributed by atoms with Crippen molar-refractivity contribution in [1.29, 1.82) is 0 Å². The number of hydrogen-bond donors (Lipinski definition) is 4. The fourth-order valence-electron chi connectivity index (χ4n) is 2.70. The first-order valence-electron chi connectivity index (χ1n) is 8.27. The highest BCUT2D eigenvalue weighted by atomic mass is 79.9. The maximum absolute atomic E-state index is 5.81. The Labute approximate surface area is 165 Å². The van der Waals surface area contributed by atoms with Gasteiger partial charge in [0.05, 0.1) is 11.4 Å². The van der Waals surface area contributed by atoms with Crippen molar-refractivity contribution >= 4 is 54.9 Å². The number of nitrogens with one attached hydrogen (secondary N) is 1. The van der Waals surface area contributed by atoms with E-state index in [0.29, 0.717) is 17.3 Å². The number of nitrogens with two attached hydrogens (primary N) is 3. The van der Waals surface area contributed by atoms with Crippen LogP contribution in [0.25, 0.3) is 0 Å². The van der Waals surface area contributed by atoms with Crippen LogP contribution < -0.4 is 22.5 Å². The minimum Gasteiger partial charge on any atom is -0.396 e. The van der Waals surface area contributed by atoms with Crippen molar-refractivity contribution in [1.82, 2.24) is 9.97 Å². The van der Waals surface area contributed by atoms with Crippen molar-refractivity contribution < 1.29 is 0 Å². The Hall–Kier alpha value is -1.54. The molecule has 0 saturated heterocycles. The van der Waals surface area contributed by atoms with Gasteiger partial charge in [0.2, 0.25) is 0 Å². The zero-order chi connectivity index (χ0) is 18.2. The Morgan fingerprint density at radius 3 is 2.12 bits per heavy atom. The Morgan fingerprint density at radius 2 is 1.52 bits per heavy atom. The summed E-state index contributed by atoms with van der Waals surface area (Å²) in [5.74, 6) is 1.75. The van der Waals surface area contributed by atoms with Gasteiger partial charge in [-0.2, -0.15) is 0 Å². The summed E-state index contributed by atoms with van der Waals surface area (Å²) in [7, 11) is 0. The highest BCUT2D eigenvalue weighted by Crippen LogP contribution is 2.26. The van der Waals surface area contributed by atoms with Crippen molar-refractivity contribution in [2.75, 3.05) is 29.1 Å². The van der Waals surface area contributed by atoms with Crippen LogP contribution in [0.4, 0.5) is 23.0 Å². The summed E-state index contributed by atoms with van der Waals surface area (Å²) in [4.78, 5) is 7.89. The van der Waals surface area contributed by atoms with Gasteiger partial charge in [0.1, 0.15) is 11.6 Å². The average molecular weight is 472 g/mol. The van der Waals surface area contributed by atoms with Gasteiger partial charge in [-0.15, -0.1) is 0 Å². The van der Waals surface area contributed by atoms with Crippen molar-refractivity contribution in [3.63, 3.8) is 0 Å². The van der Waals surface area contributed by atoms with Crippen LogP contribution >= 0.6 is 31.9 Å². The summed E-state index contributed by atoms with van der Waals surface area (Å²) in [5, 5.41) is 3.41. The highest BCUT2D eigenvalue weighted by molar-refractivity contribution is 9.10. The first-order chi connectivity index (χ1) is 12.0. The van der Waals surface area contributed by atoms with Crippen molar-refractivity contribution in [2.45, 2.75) is 32.1 Å². The predicted octanol–water partition coefficient (Wildman–Crippen LogP) is 4.43. The number of aromatic nitrogens is 2. The van der Waals surface area contributed by atoms with Crippen molar-refractivity contribution in [2.24, 2.45) is 5.92 Å². The van der Waals surface area contributed by atoms with E-state index in [-0.39, 0.29) is 0 Å². The van der Waals surface area contributed by atoms with E-state index in [4.69, 9.17) is 17.2 Å². The quantitative estimate of drug-likeness (QED) is 0.526. The third-order valence-electron chi connectivity index (χ3n) is 4.11. The predicted molar refractivity (Wildman–Crippen MR) is 112 cm³/mol. The first kappa shape index (κ1) is 19.8. The fraction of sp³-hybridized carbons (Fsp3) is 0.412. The summed E-state index contributed by atoms with van der Waals surface area (Å²) < 4.78 is 1.81. The smallest absolute Gasteiger partial charge is 0.146 e. The van der Waals surface area contributed by atoms with E-state index in [1.807, 2.05) is 6.07 Å². The molecule has 1 aliphatic rings. The summed E-state index contributed by atoms with van der Waals surface area (Å²) in [6.45, 7) is 1.02. The van der Waals surface area contributed by atoms with Gasteiger partial charge in [0.15, 0.2) is 0 Å². The Morgan fingerprint density at radius 1 is 0.920 bits per heavy atom. The van der Waals surface area contributed by atoms with Gasteiger partial charge in [-0.25, -0.2) is 9.97 Å². The van der Waals surface area contributed by atoms with E-state index in [0.717, 1.165) is 27.1 Å². The summed E-state index contributed by atoms with van der Waals surface area (Å²) in [6.07, 6.45) is 10.2. The molecule has 2 aromatic rings. The molecule has 0 radical (unpaired) electrons. The molecule has 0 aromatic carbocycles. The van der Waals surface area contributed by atoms with Gasteiger partial charge in [-0.1, -0.05) is 19.3 Å². The molecule has 1 fully saturated rings. The second-order valence-electron chi connectivity index (χ2n) is 6.10. The minimum atomic E-state index is 0.373. The third kappa shape index (κ3) is 6.70. The summed E-state index contributed by atoms with van der Waals surface area (Å²) in [6, 6.07) is 3.70. The lowest BCUT2D eigenvalue weighted by Gasteiger charge is -2.22. The second-order valence-corrected chi connectivity index (χ2v) is 7.93. The Balaban J connectivity index is 0.000000212. The molecule has 0 atom stereocenters. The van der Waals surface area contributed by atoms with Gasteiger partial charge < -0.3 is 22.5 Å². The van der Waals surface area contributed by atoms with Crippen LogP contribution in [0.1, 0.15) is 32.1 Å². The lowest BCUT2D eigenvalue weighted by atomic mass is 9.89. The van der Waals surface area contributed by atoms with Gasteiger partial charge in [-0.3, -0.25) is 0 Å². The van der Waals surface area contributed by atoms with Crippen molar-refractivity contribution in [3.05, 3.63) is 33.5 Å². The van der Waals surface area contributed by atoms with Crippen LogP contribution in [-0.2, 0) is 0 Å². The fourth-order valence-corrected chi connectivity index (χ4v) is 3.38. The van der Waals surface area contributed by atoms with Crippen LogP contribution in [0.5, 0.6) is 0 Å². The van der Waals surface area contributed by atoms with Crippen LogP contribution in [0, 0.1) is 5.92 Å². The van der Waals surface area contributed by atoms with E-state index in [1.54, 1.807) is 18.5 Å². The number of pyridine rings is 2. The van der Waals surface area contributed by atoms with Gasteiger partial charge in [-0.05, 0) is 62.8 Å². The lowest BCUT2D eigenvalue weighted by molar-refractivity contribution is 0.373. The molecule has 0 bridgehead atoms. The molecule has 6 nitrogen and oxygen atoms in total. The van der Waals surface area contributed by atoms with Crippen LogP contribution in [-0.4, -0.2) is 16.5 Å². The molecule has 8 heteroatoms. The molecule has 1 aliphatic carbocycles. The molecule has 0 unspecified atom stereocenters. The largest absolute Gasteiger partial charge is 0.396 e. The van der Waals surface area contributed by atoms with Gasteiger partial charge in [0, 0.05) is 27.9 Å². The van der Waals surface area contributed by atoms with E-state index in [9.17, 15) is 0 Å². The van der Waals surface area contributed by atoms with Gasteiger partial charge in [0.25, 0.3) is 0 Å². The average Bonchev–Trinajstić information content (AvgIpc) is 2.61. The zero-order valence-corrected chi connectivity index (χ0v) is 17.2. The molecule has 7 N–H and O–H groups in total. The zero-order valence-electron chi connectivity index (χ0n) is 14.0.